The number of benzene rings is 2. The lowest BCUT2D eigenvalue weighted by Gasteiger charge is -2.35. The molecule has 7 nitrogen and oxygen atoms in total. The normalized spacial score (nSPS) is 17.6. The third-order valence-electron chi connectivity index (χ3n) is 5.82. The van der Waals surface area contributed by atoms with Gasteiger partial charge in [-0.25, -0.2) is 8.42 Å². The predicted octanol–water partition coefficient (Wildman–Crippen LogP) is 3.38. The summed E-state index contributed by atoms with van der Waals surface area (Å²) in [6.45, 7) is 2.39. The smallest absolute Gasteiger partial charge is 0.255 e. The molecule has 0 radical (unpaired) electrons. The largest absolute Gasteiger partial charge is 0.335 e. The summed E-state index contributed by atoms with van der Waals surface area (Å²) in [5.74, 6) is -0.486. The van der Waals surface area contributed by atoms with E-state index in [1.165, 1.54) is 16.4 Å². The third-order valence-corrected chi connectivity index (χ3v) is 8.53. The van der Waals surface area contributed by atoms with Gasteiger partial charge in [-0.2, -0.15) is 4.31 Å². The number of sulfonamides is 1. The summed E-state index contributed by atoms with van der Waals surface area (Å²) in [6, 6.07) is 11.1. The minimum atomic E-state index is -3.60. The highest BCUT2D eigenvalue weighted by molar-refractivity contribution is 7.89. The number of nitrogens with zero attached hydrogens (tertiary/aromatic N) is 3. The number of carbonyl (C=O) groups is 2. The van der Waals surface area contributed by atoms with Gasteiger partial charge < -0.3 is 9.80 Å². The molecule has 2 heterocycles. The molecular weight excluding hydrogens is 473 g/mol. The fraction of sp³-hybridized carbons (Fsp3) is 0.364. The Bertz CT molecular complexity index is 1140. The molecule has 170 valence electrons. The number of hydrogen-bond acceptors (Lipinski definition) is 4. The van der Waals surface area contributed by atoms with E-state index >= 15 is 0 Å². The fourth-order valence-corrected chi connectivity index (χ4v) is 5.95. The third kappa shape index (κ3) is 4.50. The van der Waals surface area contributed by atoms with Crippen molar-refractivity contribution in [3.05, 3.63) is 63.6 Å². The highest BCUT2D eigenvalue weighted by atomic mass is 35.5. The van der Waals surface area contributed by atoms with E-state index in [4.69, 9.17) is 23.2 Å². The number of halogens is 2. The molecule has 0 N–H and O–H groups in total. The Hall–Kier alpha value is -2.13. The lowest BCUT2D eigenvalue weighted by Crippen LogP contribution is -2.50. The van der Waals surface area contributed by atoms with Crippen LogP contribution in [0.25, 0.3) is 0 Å². The van der Waals surface area contributed by atoms with Gasteiger partial charge in [0.05, 0.1) is 20.5 Å². The Labute approximate surface area is 197 Å². The van der Waals surface area contributed by atoms with E-state index < -0.39 is 10.0 Å². The van der Waals surface area contributed by atoms with Gasteiger partial charge in [-0.1, -0.05) is 35.3 Å². The minimum absolute atomic E-state index is 0.134. The number of piperazine rings is 1. The highest BCUT2D eigenvalue weighted by Gasteiger charge is 2.30. The number of carbonyl (C=O) groups excluding carboxylic acids is 2. The molecule has 2 fully saturated rings. The van der Waals surface area contributed by atoms with Crippen LogP contribution in [0.5, 0.6) is 0 Å². The molecule has 2 aromatic rings. The summed E-state index contributed by atoms with van der Waals surface area (Å²) in [5.41, 5.74) is 0.654. The van der Waals surface area contributed by atoms with E-state index in [1.807, 2.05) is 0 Å². The zero-order valence-electron chi connectivity index (χ0n) is 17.3. The molecule has 2 aromatic carbocycles. The van der Waals surface area contributed by atoms with Crippen molar-refractivity contribution < 1.29 is 18.0 Å². The Morgan fingerprint density at radius 3 is 2.03 bits per heavy atom. The van der Waals surface area contributed by atoms with E-state index in [0.29, 0.717) is 55.4 Å². The first kappa shape index (κ1) is 23.0. The predicted molar refractivity (Wildman–Crippen MR) is 123 cm³/mol. The van der Waals surface area contributed by atoms with E-state index in [9.17, 15) is 18.0 Å². The SMILES string of the molecule is O=C(c1cccc(S(=O)(=O)N2CCCC2)c1)N1CCN(C(=O)c2cccc(Cl)c2Cl)CC1. The maximum atomic E-state index is 13.0. The van der Waals surface area contributed by atoms with E-state index in [1.54, 1.807) is 40.1 Å². The monoisotopic (exact) mass is 495 g/mol. The lowest BCUT2D eigenvalue weighted by molar-refractivity contribution is 0.0535. The van der Waals surface area contributed by atoms with Crippen molar-refractivity contribution >= 4 is 45.0 Å². The molecule has 0 aromatic heterocycles. The molecule has 2 aliphatic rings. The number of amides is 2. The first-order valence-electron chi connectivity index (χ1n) is 10.4. The van der Waals surface area contributed by atoms with E-state index in [-0.39, 0.29) is 21.7 Å². The average Bonchev–Trinajstić information content (AvgIpc) is 3.36. The van der Waals surface area contributed by atoms with Crippen molar-refractivity contribution in [3.63, 3.8) is 0 Å². The zero-order valence-corrected chi connectivity index (χ0v) is 19.7. The molecule has 0 spiro atoms. The van der Waals surface area contributed by atoms with Crippen molar-refractivity contribution in [1.29, 1.82) is 0 Å². The molecular formula is C22H23Cl2N3O4S. The molecule has 10 heteroatoms. The van der Waals surface area contributed by atoms with Crippen molar-refractivity contribution in [2.75, 3.05) is 39.3 Å². The van der Waals surface area contributed by atoms with Gasteiger partial charge in [-0.3, -0.25) is 9.59 Å². The Kier molecular flexibility index (Phi) is 6.76. The second-order valence-corrected chi connectivity index (χ2v) is 10.5. The molecule has 2 aliphatic heterocycles. The van der Waals surface area contributed by atoms with Crippen LogP contribution in [0.15, 0.2) is 47.4 Å². The number of rotatable bonds is 4. The quantitative estimate of drug-likeness (QED) is 0.651. The van der Waals surface area contributed by atoms with Crippen molar-refractivity contribution in [3.8, 4) is 0 Å². The van der Waals surface area contributed by atoms with Crippen LogP contribution in [0.1, 0.15) is 33.6 Å². The molecule has 2 amide bonds. The first-order valence-corrected chi connectivity index (χ1v) is 12.6. The van der Waals surface area contributed by atoms with Gasteiger partial charge in [-0.05, 0) is 43.2 Å². The van der Waals surface area contributed by atoms with Crippen LogP contribution in [-0.2, 0) is 10.0 Å². The van der Waals surface area contributed by atoms with Gasteiger partial charge in [0, 0.05) is 44.8 Å². The van der Waals surface area contributed by atoms with E-state index in [2.05, 4.69) is 0 Å². The highest BCUT2D eigenvalue weighted by Crippen LogP contribution is 2.27. The van der Waals surface area contributed by atoms with Crippen LogP contribution in [0.3, 0.4) is 0 Å². The minimum Gasteiger partial charge on any atom is -0.335 e. The van der Waals surface area contributed by atoms with Crippen LogP contribution >= 0.6 is 23.2 Å². The molecule has 0 bridgehead atoms. The Balaban J connectivity index is 1.44. The summed E-state index contributed by atoms with van der Waals surface area (Å²) in [7, 11) is -3.60. The molecule has 0 atom stereocenters. The number of hydrogen-bond donors (Lipinski definition) is 0. The maximum Gasteiger partial charge on any atom is 0.255 e. The van der Waals surface area contributed by atoms with Crippen LogP contribution in [0.4, 0.5) is 0 Å². The van der Waals surface area contributed by atoms with Crippen molar-refractivity contribution in [2.24, 2.45) is 0 Å². The standard InChI is InChI=1S/C22H23Cl2N3O4S/c23-19-8-4-7-18(20(19)24)22(29)26-13-11-25(12-14-26)21(28)16-5-3-6-17(15-16)32(30,31)27-9-1-2-10-27/h3-8,15H,1-2,9-14H2. The van der Waals surface area contributed by atoms with Crippen molar-refractivity contribution in [1.82, 2.24) is 14.1 Å². The van der Waals surface area contributed by atoms with Crippen LogP contribution in [0.2, 0.25) is 10.0 Å². The average molecular weight is 496 g/mol. The van der Waals surface area contributed by atoms with Crippen LogP contribution in [-0.4, -0.2) is 73.6 Å². The summed E-state index contributed by atoms with van der Waals surface area (Å²) >= 11 is 12.2. The first-order chi connectivity index (χ1) is 15.3. The van der Waals surface area contributed by atoms with Gasteiger partial charge in [0.25, 0.3) is 11.8 Å². The summed E-state index contributed by atoms with van der Waals surface area (Å²) < 4.78 is 27.1. The summed E-state index contributed by atoms with van der Waals surface area (Å²) in [5, 5.41) is 0.531. The molecule has 4 rings (SSSR count). The van der Waals surface area contributed by atoms with E-state index in [0.717, 1.165) is 12.8 Å². The Morgan fingerprint density at radius 2 is 1.38 bits per heavy atom. The van der Waals surface area contributed by atoms with Crippen LogP contribution < -0.4 is 0 Å². The van der Waals surface area contributed by atoms with Crippen LogP contribution in [0, 0.1) is 0 Å². The van der Waals surface area contributed by atoms with Gasteiger partial charge in [-0.15, -0.1) is 0 Å². The fourth-order valence-electron chi connectivity index (χ4n) is 4.00. The van der Waals surface area contributed by atoms with Gasteiger partial charge in [0.1, 0.15) is 0 Å². The van der Waals surface area contributed by atoms with Gasteiger partial charge in [0.2, 0.25) is 10.0 Å². The summed E-state index contributed by atoms with van der Waals surface area (Å²) in [4.78, 5) is 29.2. The van der Waals surface area contributed by atoms with Crippen molar-refractivity contribution in [2.45, 2.75) is 17.7 Å². The molecule has 0 saturated carbocycles. The topological polar surface area (TPSA) is 78.0 Å². The molecule has 2 saturated heterocycles. The second-order valence-electron chi connectivity index (χ2n) is 7.82. The molecule has 0 aliphatic carbocycles. The second kappa shape index (κ2) is 9.39. The molecule has 0 unspecified atom stereocenters. The summed E-state index contributed by atoms with van der Waals surface area (Å²) in [6.07, 6.45) is 1.70. The van der Waals surface area contributed by atoms with Gasteiger partial charge in [0.15, 0.2) is 0 Å². The van der Waals surface area contributed by atoms with Gasteiger partial charge >= 0.3 is 0 Å². The Morgan fingerprint density at radius 1 is 0.781 bits per heavy atom. The zero-order chi connectivity index (χ0) is 22.9. The lowest BCUT2D eigenvalue weighted by atomic mass is 10.1. The molecule has 32 heavy (non-hydrogen) atoms. The maximum absolute atomic E-state index is 13.0.